The first-order valence-corrected chi connectivity index (χ1v) is 7.80. The Morgan fingerprint density at radius 3 is 2.70 bits per heavy atom. The van der Waals surface area contributed by atoms with Crippen LogP contribution in [0.1, 0.15) is 16.8 Å². The van der Waals surface area contributed by atoms with Crippen LogP contribution >= 0.6 is 0 Å². The van der Waals surface area contributed by atoms with Gasteiger partial charge in [0.15, 0.2) is 0 Å². The average molecular weight is 299 g/mol. The molecule has 110 valence electrons. The third-order valence-electron chi connectivity index (χ3n) is 3.21. The summed E-state index contributed by atoms with van der Waals surface area (Å²) < 4.78 is 22.6. The molecule has 4 N–H and O–H groups in total. The molecule has 2 rings (SSSR count). The maximum absolute atomic E-state index is 11.4. The SMILES string of the molecule is NS(=O)(=O)c1ccc(N2CCCNCC2)c(C(=O)O)c1. The van der Waals surface area contributed by atoms with E-state index in [1.807, 2.05) is 4.90 Å². The van der Waals surface area contributed by atoms with Crippen molar-refractivity contribution in [1.29, 1.82) is 0 Å². The zero-order valence-corrected chi connectivity index (χ0v) is 11.7. The summed E-state index contributed by atoms with van der Waals surface area (Å²) in [5.41, 5.74) is 0.479. The van der Waals surface area contributed by atoms with Gasteiger partial charge in [-0.15, -0.1) is 0 Å². The second-order valence-electron chi connectivity index (χ2n) is 4.62. The van der Waals surface area contributed by atoms with Crippen LogP contribution in [0.5, 0.6) is 0 Å². The predicted molar refractivity (Wildman–Crippen MR) is 74.5 cm³/mol. The molecule has 0 aromatic heterocycles. The molecule has 0 amide bonds. The Morgan fingerprint density at radius 1 is 1.30 bits per heavy atom. The lowest BCUT2D eigenvalue weighted by atomic mass is 10.1. The highest BCUT2D eigenvalue weighted by atomic mass is 32.2. The van der Waals surface area contributed by atoms with Crippen molar-refractivity contribution in [2.45, 2.75) is 11.3 Å². The number of carboxylic acid groups (broad SMARTS) is 1. The molecule has 8 heteroatoms. The van der Waals surface area contributed by atoms with E-state index in [-0.39, 0.29) is 10.5 Å². The highest BCUT2D eigenvalue weighted by molar-refractivity contribution is 7.89. The number of nitrogens with zero attached hydrogens (tertiary/aromatic N) is 1. The van der Waals surface area contributed by atoms with Crippen molar-refractivity contribution in [2.75, 3.05) is 31.1 Å². The van der Waals surface area contributed by atoms with Crippen LogP contribution < -0.4 is 15.4 Å². The van der Waals surface area contributed by atoms with Gasteiger partial charge in [0.25, 0.3) is 0 Å². The molecule has 1 saturated heterocycles. The van der Waals surface area contributed by atoms with E-state index < -0.39 is 16.0 Å². The molecule has 0 unspecified atom stereocenters. The molecule has 0 bridgehead atoms. The van der Waals surface area contributed by atoms with E-state index in [1.165, 1.54) is 12.1 Å². The van der Waals surface area contributed by atoms with Crippen molar-refractivity contribution >= 4 is 21.7 Å². The lowest BCUT2D eigenvalue weighted by molar-refractivity contribution is 0.0697. The number of rotatable bonds is 3. The highest BCUT2D eigenvalue weighted by Crippen LogP contribution is 2.24. The summed E-state index contributed by atoms with van der Waals surface area (Å²) in [7, 11) is -3.91. The van der Waals surface area contributed by atoms with Crippen molar-refractivity contribution in [2.24, 2.45) is 5.14 Å². The molecule has 0 spiro atoms. The number of nitrogens with one attached hydrogen (secondary N) is 1. The summed E-state index contributed by atoms with van der Waals surface area (Å²) in [6.45, 7) is 3.04. The number of benzene rings is 1. The van der Waals surface area contributed by atoms with Gasteiger partial charge in [-0.3, -0.25) is 0 Å². The minimum atomic E-state index is -3.91. The van der Waals surface area contributed by atoms with Crippen molar-refractivity contribution in [3.63, 3.8) is 0 Å². The Bertz CT molecular complexity index is 607. The monoisotopic (exact) mass is 299 g/mol. The van der Waals surface area contributed by atoms with E-state index in [2.05, 4.69) is 5.32 Å². The molecule has 1 heterocycles. The Morgan fingerprint density at radius 2 is 2.05 bits per heavy atom. The van der Waals surface area contributed by atoms with Crippen LogP contribution in [0.15, 0.2) is 23.1 Å². The Labute approximate surface area is 117 Å². The highest BCUT2D eigenvalue weighted by Gasteiger charge is 2.20. The van der Waals surface area contributed by atoms with Gasteiger partial charge in [0.2, 0.25) is 10.0 Å². The second-order valence-corrected chi connectivity index (χ2v) is 6.18. The topological polar surface area (TPSA) is 113 Å². The minimum Gasteiger partial charge on any atom is -0.478 e. The lowest BCUT2D eigenvalue weighted by Gasteiger charge is -2.24. The van der Waals surface area contributed by atoms with Crippen LogP contribution in [0.2, 0.25) is 0 Å². The van der Waals surface area contributed by atoms with E-state index in [4.69, 9.17) is 5.14 Å². The molecule has 1 aliphatic rings. The number of hydrogen-bond acceptors (Lipinski definition) is 5. The largest absolute Gasteiger partial charge is 0.478 e. The number of carboxylic acids is 1. The Balaban J connectivity index is 2.44. The number of aromatic carboxylic acids is 1. The molecular weight excluding hydrogens is 282 g/mol. The summed E-state index contributed by atoms with van der Waals surface area (Å²) in [5.74, 6) is -1.16. The van der Waals surface area contributed by atoms with Crippen LogP contribution in [0.3, 0.4) is 0 Å². The summed E-state index contributed by atoms with van der Waals surface area (Å²) in [6.07, 6.45) is 0.899. The normalized spacial score (nSPS) is 16.8. The van der Waals surface area contributed by atoms with Crippen LogP contribution in [-0.4, -0.2) is 45.7 Å². The standard InChI is InChI=1S/C12H17N3O4S/c13-20(18,19)9-2-3-11(10(8-9)12(16)17)15-6-1-4-14-5-7-15/h2-3,8,14H,1,4-7H2,(H,16,17)(H2,13,18,19). The van der Waals surface area contributed by atoms with E-state index in [0.717, 1.165) is 32.1 Å². The summed E-state index contributed by atoms with van der Waals surface area (Å²) in [5, 5.41) is 17.5. The van der Waals surface area contributed by atoms with Crippen LogP contribution in [-0.2, 0) is 10.0 Å². The predicted octanol–water partition coefficient (Wildman–Crippen LogP) is -0.168. The summed E-state index contributed by atoms with van der Waals surface area (Å²) in [6, 6.07) is 3.97. The molecule has 0 aliphatic carbocycles. The lowest BCUT2D eigenvalue weighted by Crippen LogP contribution is -2.29. The Hall–Kier alpha value is -1.64. The number of nitrogens with two attached hydrogens (primary N) is 1. The minimum absolute atomic E-state index is 0.0431. The fourth-order valence-electron chi connectivity index (χ4n) is 2.23. The number of primary sulfonamides is 1. The summed E-state index contributed by atoms with van der Waals surface area (Å²) >= 11 is 0. The van der Waals surface area contributed by atoms with Crippen molar-refractivity contribution < 1.29 is 18.3 Å². The molecule has 1 aromatic rings. The van der Waals surface area contributed by atoms with Crippen LogP contribution in [0.25, 0.3) is 0 Å². The average Bonchev–Trinajstić information content (AvgIpc) is 2.65. The van der Waals surface area contributed by atoms with Gasteiger partial charge in [-0.2, -0.15) is 0 Å². The molecule has 1 aliphatic heterocycles. The van der Waals surface area contributed by atoms with Crippen molar-refractivity contribution in [3.05, 3.63) is 23.8 Å². The van der Waals surface area contributed by atoms with Gasteiger partial charge in [0, 0.05) is 19.6 Å². The van der Waals surface area contributed by atoms with Crippen molar-refractivity contribution in [3.8, 4) is 0 Å². The molecule has 1 fully saturated rings. The van der Waals surface area contributed by atoms with Gasteiger partial charge in [-0.25, -0.2) is 18.4 Å². The van der Waals surface area contributed by atoms with Gasteiger partial charge < -0.3 is 15.3 Å². The fraction of sp³-hybridized carbons (Fsp3) is 0.417. The first kappa shape index (κ1) is 14.8. The Kier molecular flexibility index (Phi) is 4.26. The molecule has 1 aromatic carbocycles. The zero-order chi connectivity index (χ0) is 14.8. The second kappa shape index (κ2) is 5.78. The molecular formula is C12H17N3O4S. The molecule has 0 radical (unpaired) electrons. The van der Waals surface area contributed by atoms with Crippen molar-refractivity contribution in [1.82, 2.24) is 5.32 Å². The van der Waals surface area contributed by atoms with E-state index in [9.17, 15) is 18.3 Å². The maximum atomic E-state index is 11.4. The first-order chi connectivity index (χ1) is 9.39. The first-order valence-electron chi connectivity index (χ1n) is 6.25. The van der Waals surface area contributed by atoms with E-state index in [0.29, 0.717) is 12.2 Å². The molecule has 0 atom stereocenters. The number of hydrogen-bond donors (Lipinski definition) is 3. The van der Waals surface area contributed by atoms with Gasteiger partial charge in [-0.1, -0.05) is 0 Å². The number of sulfonamides is 1. The summed E-state index contributed by atoms with van der Waals surface area (Å²) in [4.78, 5) is 13.1. The third-order valence-corrected chi connectivity index (χ3v) is 4.12. The molecule has 20 heavy (non-hydrogen) atoms. The quantitative estimate of drug-likeness (QED) is 0.714. The van der Waals surface area contributed by atoms with E-state index in [1.54, 1.807) is 0 Å². The third kappa shape index (κ3) is 3.27. The number of carbonyl (C=O) groups is 1. The maximum Gasteiger partial charge on any atom is 0.337 e. The number of anilines is 1. The van der Waals surface area contributed by atoms with E-state index >= 15 is 0 Å². The van der Waals surface area contributed by atoms with Gasteiger partial charge in [-0.05, 0) is 31.2 Å². The van der Waals surface area contributed by atoms with Gasteiger partial charge >= 0.3 is 5.97 Å². The molecule has 0 saturated carbocycles. The zero-order valence-electron chi connectivity index (χ0n) is 10.9. The van der Waals surface area contributed by atoms with Crippen LogP contribution in [0.4, 0.5) is 5.69 Å². The fourth-order valence-corrected chi connectivity index (χ4v) is 2.77. The van der Waals surface area contributed by atoms with Gasteiger partial charge in [0.05, 0.1) is 16.1 Å². The smallest absolute Gasteiger partial charge is 0.337 e. The van der Waals surface area contributed by atoms with Crippen LogP contribution in [0, 0.1) is 0 Å². The molecule has 7 nitrogen and oxygen atoms in total. The van der Waals surface area contributed by atoms with Gasteiger partial charge in [0.1, 0.15) is 0 Å².